The van der Waals surface area contributed by atoms with Crippen LogP contribution in [0.4, 0.5) is 13.2 Å². The van der Waals surface area contributed by atoms with Crippen LogP contribution in [0.2, 0.25) is 0 Å². The number of Topliss-reactive ketones (excluding diaryl/α,β-unsaturated/α-hetero) is 1. The quantitative estimate of drug-likeness (QED) is 0.383. The number of carbonyl (C=O) groups excluding carboxylic acids is 1. The van der Waals surface area contributed by atoms with E-state index in [2.05, 4.69) is 15.1 Å². The number of hydrogen-bond acceptors (Lipinski definition) is 6. The molecule has 1 N–H and O–H groups in total. The summed E-state index contributed by atoms with van der Waals surface area (Å²) in [4.78, 5) is 34.4. The molecule has 11 heteroatoms. The summed E-state index contributed by atoms with van der Waals surface area (Å²) in [6.45, 7) is 1.16. The van der Waals surface area contributed by atoms with Crippen molar-refractivity contribution >= 4 is 22.5 Å². The van der Waals surface area contributed by atoms with Crippen LogP contribution in [-0.2, 0) is 6.18 Å². The Labute approximate surface area is 188 Å². The molecule has 0 aliphatic heterocycles. The second-order valence-corrected chi connectivity index (χ2v) is 7.41. The van der Waals surface area contributed by atoms with Crippen molar-refractivity contribution in [1.29, 1.82) is 0 Å². The average molecular weight is 468 g/mol. The van der Waals surface area contributed by atoms with Gasteiger partial charge in [0.2, 0.25) is 5.89 Å². The smallest absolute Gasteiger partial charge is 0.433 e. The van der Waals surface area contributed by atoms with Crippen molar-refractivity contribution < 1.29 is 27.1 Å². The van der Waals surface area contributed by atoms with E-state index >= 15 is 0 Å². The minimum atomic E-state index is -4.83. The molecule has 0 spiro atoms. The first-order valence-electron chi connectivity index (χ1n) is 9.97. The number of hydrogen-bond donors (Lipinski definition) is 1. The van der Waals surface area contributed by atoms with Crippen LogP contribution in [-0.4, -0.2) is 32.5 Å². The molecule has 0 saturated heterocycles. The molecule has 0 aliphatic rings. The number of aromatic nitrogens is 4. The number of ketones is 1. The molecule has 8 nitrogen and oxygen atoms in total. The largest absolute Gasteiger partial charge is 0.494 e. The highest BCUT2D eigenvalue weighted by Gasteiger charge is 2.39. The third kappa shape index (κ3) is 3.24. The minimum absolute atomic E-state index is 0.175. The fourth-order valence-electron chi connectivity index (χ4n) is 3.80. The lowest BCUT2D eigenvalue weighted by atomic mass is 10.1. The second kappa shape index (κ2) is 7.58. The van der Waals surface area contributed by atoms with E-state index in [0.29, 0.717) is 10.3 Å². The fraction of sp³-hybridized carbons (Fsp3) is 0.130. The number of nitrogens with one attached hydrogen (secondary N) is 1. The van der Waals surface area contributed by atoms with Crippen molar-refractivity contribution in [3.05, 3.63) is 70.3 Å². The van der Waals surface area contributed by atoms with Gasteiger partial charge in [0, 0.05) is 6.92 Å². The van der Waals surface area contributed by atoms with Gasteiger partial charge in [-0.15, -0.1) is 0 Å². The lowest BCUT2D eigenvalue weighted by molar-refractivity contribution is -0.140. The summed E-state index contributed by atoms with van der Waals surface area (Å²) in [5.74, 6) is -0.546. The Hall–Kier alpha value is -4.41. The van der Waals surface area contributed by atoms with Gasteiger partial charge in [-0.25, -0.2) is 9.97 Å². The minimum Gasteiger partial charge on any atom is -0.494 e. The molecular formula is C23H15F3N4O4. The van der Waals surface area contributed by atoms with E-state index in [1.807, 2.05) is 0 Å². The SMILES string of the molecule is COc1cccc2oc(-c3c(C(C)=O)nc4c(-c5ccccc5)c(C(F)(F)F)[nH]n4c3=O)nc12. The van der Waals surface area contributed by atoms with Gasteiger partial charge < -0.3 is 9.15 Å². The number of halogens is 3. The van der Waals surface area contributed by atoms with Crippen LogP contribution in [0.3, 0.4) is 0 Å². The predicted molar refractivity (Wildman–Crippen MR) is 116 cm³/mol. The van der Waals surface area contributed by atoms with Crippen LogP contribution >= 0.6 is 0 Å². The number of methoxy groups -OCH3 is 1. The van der Waals surface area contributed by atoms with Crippen molar-refractivity contribution in [1.82, 2.24) is 19.6 Å². The van der Waals surface area contributed by atoms with Crippen LogP contribution in [0, 0.1) is 0 Å². The molecule has 172 valence electrons. The summed E-state index contributed by atoms with van der Waals surface area (Å²) in [6, 6.07) is 12.5. The van der Waals surface area contributed by atoms with Crippen molar-refractivity contribution in [2.75, 3.05) is 7.11 Å². The maximum Gasteiger partial charge on any atom is 0.433 e. The molecule has 34 heavy (non-hydrogen) atoms. The number of alkyl halides is 3. The van der Waals surface area contributed by atoms with Crippen LogP contribution in [0.15, 0.2) is 57.7 Å². The number of fused-ring (bicyclic) bond motifs is 2. The van der Waals surface area contributed by atoms with Gasteiger partial charge in [0.25, 0.3) is 5.56 Å². The van der Waals surface area contributed by atoms with E-state index in [9.17, 15) is 22.8 Å². The molecule has 2 aromatic carbocycles. The molecule has 0 atom stereocenters. The van der Waals surface area contributed by atoms with E-state index in [4.69, 9.17) is 9.15 Å². The van der Waals surface area contributed by atoms with Crippen molar-refractivity contribution in [3.8, 4) is 28.3 Å². The number of H-pyrrole nitrogens is 1. The fourth-order valence-corrected chi connectivity index (χ4v) is 3.80. The van der Waals surface area contributed by atoms with E-state index < -0.39 is 23.2 Å². The van der Waals surface area contributed by atoms with Crippen molar-refractivity contribution in [2.24, 2.45) is 0 Å². The molecule has 0 aliphatic carbocycles. The van der Waals surface area contributed by atoms with Gasteiger partial charge in [-0.2, -0.15) is 17.7 Å². The van der Waals surface area contributed by atoms with E-state index in [0.717, 1.165) is 6.92 Å². The third-order valence-corrected chi connectivity index (χ3v) is 5.28. The van der Waals surface area contributed by atoms with Crippen LogP contribution in [0.5, 0.6) is 5.75 Å². The van der Waals surface area contributed by atoms with Gasteiger partial charge in [0.05, 0.1) is 12.7 Å². The highest BCUT2D eigenvalue weighted by Crippen LogP contribution is 2.38. The molecule has 5 rings (SSSR count). The number of nitrogens with zero attached hydrogens (tertiary/aromatic N) is 3. The number of rotatable bonds is 4. The lowest BCUT2D eigenvalue weighted by Crippen LogP contribution is -2.22. The zero-order valence-corrected chi connectivity index (χ0v) is 17.7. The van der Waals surface area contributed by atoms with E-state index in [1.54, 1.807) is 36.4 Å². The zero-order chi connectivity index (χ0) is 24.2. The average Bonchev–Trinajstić information content (AvgIpc) is 3.41. The highest BCUT2D eigenvalue weighted by atomic mass is 19.4. The molecule has 3 aromatic heterocycles. The predicted octanol–water partition coefficient (Wildman–Crippen LogP) is 4.73. The Balaban J connectivity index is 1.89. The lowest BCUT2D eigenvalue weighted by Gasteiger charge is -2.07. The Morgan fingerprint density at radius 1 is 1.06 bits per heavy atom. The molecule has 0 amide bonds. The molecule has 0 radical (unpaired) electrons. The third-order valence-electron chi connectivity index (χ3n) is 5.28. The standard InChI is InChI=1S/C23H15F3N4O4/c1-11(31)17-16(21-28-18-13(33-2)9-6-10-14(18)34-21)22(32)30-20(27-17)15(12-7-4-3-5-8-12)19(29-30)23(24,25)26/h3-10,29H,1-2H3. The summed E-state index contributed by atoms with van der Waals surface area (Å²) >= 11 is 0. The molecule has 3 heterocycles. The number of benzene rings is 2. The summed E-state index contributed by atoms with van der Waals surface area (Å²) in [5.41, 5.74) is -2.83. The second-order valence-electron chi connectivity index (χ2n) is 7.41. The zero-order valence-electron chi connectivity index (χ0n) is 17.7. The maximum atomic E-state index is 13.9. The van der Waals surface area contributed by atoms with Crippen LogP contribution in [0.25, 0.3) is 39.3 Å². The van der Waals surface area contributed by atoms with Gasteiger partial charge >= 0.3 is 6.18 Å². The Kier molecular flexibility index (Phi) is 4.78. The van der Waals surface area contributed by atoms with Gasteiger partial charge in [-0.05, 0) is 17.7 Å². The summed E-state index contributed by atoms with van der Waals surface area (Å²) < 4.78 is 53.3. The first-order chi connectivity index (χ1) is 16.2. The van der Waals surface area contributed by atoms with Crippen LogP contribution < -0.4 is 10.3 Å². The Morgan fingerprint density at radius 3 is 2.44 bits per heavy atom. The molecule has 0 saturated carbocycles. The van der Waals surface area contributed by atoms with Crippen molar-refractivity contribution in [2.45, 2.75) is 13.1 Å². The van der Waals surface area contributed by atoms with Gasteiger partial charge in [0.15, 0.2) is 22.5 Å². The number of aromatic amines is 1. The number of carbonyl (C=O) groups is 1. The number of para-hydroxylation sites is 1. The molecule has 0 fully saturated rings. The molecule has 0 bridgehead atoms. The van der Waals surface area contributed by atoms with Crippen molar-refractivity contribution in [3.63, 3.8) is 0 Å². The summed E-state index contributed by atoms with van der Waals surface area (Å²) in [6.07, 6.45) is -4.83. The molecule has 5 aromatic rings. The first-order valence-corrected chi connectivity index (χ1v) is 9.97. The summed E-state index contributed by atoms with van der Waals surface area (Å²) in [7, 11) is 1.43. The highest BCUT2D eigenvalue weighted by molar-refractivity contribution is 5.99. The summed E-state index contributed by atoms with van der Waals surface area (Å²) in [5, 5.41) is 2.11. The van der Waals surface area contributed by atoms with Gasteiger partial charge in [-0.1, -0.05) is 36.4 Å². The topological polar surface area (TPSA) is 102 Å². The number of oxazole rings is 1. The first kappa shape index (κ1) is 21.4. The van der Waals surface area contributed by atoms with E-state index in [-0.39, 0.29) is 45.0 Å². The van der Waals surface area contributed by atoms with Gasteiger partial charge in [-0.3, -0.25) is 14.7 Å². The molecular weight excluding hydrogens is 453 g/mol. The van der Waals surface area contributed by atoms with Crippen LogP contribution in [0.1, 0.15) is 23.1 Å². The Morgan fingerprint density at radius 2 is 1.79 bits per heavy atom. The monoisotopic (exact) mass is 468 g/mol. The maximum absolute atomic E-state index is 13.9. The normalized spacial score (nSPS) is 11.9. The molecule has 0 unspecified atom stereocenters. The number of ether oxygens (including phenoxy) is 1. The van der Waals surface area contributed by atoms with E-state index in [1.165, 1.54) is 19.2 Å². The van der Waals surface area contributed by atoms with Gasteiger partial charge in [0.1, 0.15) is 22.7 Å². The Bertz CT molecular complexity index is 1630.